The Morgan fingerprint density at radius 3 is 2.67 bits per heavy atom. The van der Waals surface area contributed by atoms with Crippen molar-refractivity contribution in [2.45, 2.75) is 13.5 Å². The van der Waals surface area contributed by atoms with E-state index >= 15 is 0 Å². The van der Waals surface area contributed by atoms with E-state index < -0.39 is 5.97 Å². The normalized spacial score (nSPS) is 10.1. The predicted octanol–water partition coefficient (Wildman–Crippen LogP) is 2.10. The Kier molecular flexibility index (Phi) is 3.52. The molecule has 0 aliphatic heterocycles. The number of aromatic carboxylic acids is 1. The lowest BCUT2D eigenvalue weighted by molar-refractivity contribution is 0.0695. The van der Waals surface area contributed by atoms with Crippen molar-refractivity contribution in [2.75, 3.05) is 5.32 Å². The van der Waals surface area contributed by atoms with Gasteiger partial charge in [-0.05, 0) is 12.5 Å². The minimum Gasteiger partial charge on any atom is -0.478 e. The molecule has 0 atom stereocenters. The monoisotopic (exact) mass is 243 g/mol. The van der Waals surface area contributed by atoms with E-state index in [4.69, 9.17) is 5.11 Å². The Hall–Kier alpha value is -2.43. The highest BCUT2D eigenvalue weighted by Crippen LogP contribution is 2.08. The second-order valence-electron chi connectivity index (χ2n) is 3.84. The highest BCUT2D eigenvalue weighted by atomic mass is 16.4. The summed E-state index contributed by atoms with van der Waals surface area (Å²) in [5.41, 5.74) is 1.69. The number of nitrogens with one attached hydrogen (secondary N) is 1. The molecule has 0 unspecified atom stereocenters. The van der Waals surface area contributed by atoms with Crippen LogP contribution in [-0.2, 0) is 6.54 Å². The number of anilines is 1. The number of carbonyl (C=O) groups is 1. The van der Waals surface area contributed by atoms with Crippen molar-refractivity contribution in [1.82, 2.24) is 9.97 Å². The zero-order chi connectivity index (χ0) is 13.0. The molecule has 0 saturated heterocycles. The molecule has 0 spiro atoms. The summed E-state index contributed by atoms with van der Waals surface area (Å²) < 4.78 is 0. The van der Waals surface area contributed by atoms with Crippen molar-refractivity contribution in [3.8, 4) is 0 Å². The molecule has 0 aliphatic carbocycles. The lowest BCUT2D eigenvalue weighted by atomic mass is 10.2. The van der Waals surface area contributed by atoms with Crippen LogP contribution in [0, 0.1) is 6.92 Å². The van der Waals surface area contributed by atoms with Crippen LogP contribution in [0.4, 0.5) is 5.95 Å². The van der Waals surface area contributed by atoms with Crippen LogP contribution in [-0.4, -0.2) is 21.0 Å². The van der Waals surface area contributed by atoms with Crippen LogP contribution in [0.1, 0.15) is 21.6 Å². The topological polar surface area (TPSA) is 75.1 Å². The van der Waals surface area contributed by atoms with Gasteiger partial charge >= 0.3 is 5.97 Å². The molecule has 2 N–H and O–H groups in total. The fourth-order valence-corrected chi connectivity index (χ4v) is 1.54. The molecule has 1 aromatic carbocycles. The van der Waals surface area contributed by atoms with Crippen LogP contribution in [0.2, 0.25) is 0 Å². The molecule has 2 aromatic rings. The molecule has 1 aromatic heterocycles. The first-order valence-electron chi connectivity index (χ1n) is 5.51. The molecule has 5 heteroatoms. The van der Waals surface area contributed by atoms with E-state index in [1.54, 1.807) is 6.92 Å². The van der Waals surface area contributed by atoms with E-state index in [0.29, 0.717) is 18.2 Å². The third-order valence-electron chi connectivity index (χ3n) is 2.50. The summed E-state index contributed by atoms with van der Waals surface area (Å²) in [4.78, 5) is 18.9. The summed E-state index contributed by atoms with van der Waals surface area (Å²) >= 11 is 0. The van der Waals surface area contributed by atoms with E-state index in [9.17, 15) is 4.79 Å². The average molecular weight is 243 g/mol. The van der Waals surface area contributed by atoms with Gasteiger partial charge in [0.2, 0.25) is 5.95 Å². The largest absolute Gasteiger partial charge is 0.478 e. The first kappa shape index (κ1) is 12.0. The van der Waals surface area contributed by atoms with E-state index in [1.807, 2.05) is 30.3 Å². The average Bonchev–Trinajstić information content (AvgIpc) is 2.37. The fraction of sp³-hybridized carbons (Fsp3) is 0.154. The zero-order valence-electron chi connectivity index (χ0n) is 9.92. The quantitative estimate of drug-likeness (QED) is 0.860. The smallest absolute Gasteiger partial charge is 0.339 e. The van der Waals surface area contributed by atoms with Gasteiger partial charge in [0, 0.05) is 12.7 Å². The molecule has 0 bridgehead atoms. The number of hydrogen-bond donors (Lipinski definition) is 2. The summed E-state index contributed by atoms with van der Waals surface area (Å²) in [5.74, 6) is -0.580. The van der Waals surface area contributed by atoms with Crippen molar-refractivity contribution >= 4 is 11.9 Å². The van der Waals surface area contributed by atoms with Gasteiger partial charge in [-0.2, -0.15) is 0 Å². The van der Waals surface area contributed by atoms with E-state index in [-0.39, 0.29) is 5.56 Å². The van der Waals surface area contributed by atoms with Crippen LogP contribution >= 0.6 is 0 Å². The first-order chi connectivity index (χ1) is 8.66. The van der Waals surface area contributed by atoms with Crippen molar-refractivity contribution in [3.05, 3.63) is 53.3 Å². The molecule has 92 valence electrons. The van der Waals surface area contributed by atoms with Crippen LogP contribution in [0.25, 0.3) is 0 Å². The van der Waals surface area contributed by atoms with Gasteiger partial charge in [-0.3, -0.25) is 0 Å². The maximum absolute atomic E-state index is 10.8. The molecule has 1 heterocycles. The minimum atomic E-state index is -1.01. The number of benzene rings is 1. The summed E-state index contributed by atoms with van der Waals surface area (Å²) in [7, 11) is 0. The summed E-state index contributed by atoms with van der Waals surface area (Å²) in [5, 5.41) is 11.9. The van der Waals surface area contributed by atoms with Crippen LogP contribution in [0.15, 0.2) is 36.5 Å². The second-order valence-corrected chi connectivity index (χ2v) is 3.84. The number of carboxylic acid groups (broad SMARTS) is 1. The van der Waals surface area contributed by atoms with Crippen molar-refractivity contribution < 1.29 is 9.90 Å². The Bertz CT molecular complexity index is 555. The van der Waals surface area contributed by atoms with Gasteiger partial charge in [-0.25, -0.2) is 14.8 Å². The van der Waals surface area contributed by atoms with Gasteiger partial charge in [0.1, 0.15) is 0 Å². The highest BCUT2D eigenvalue weighted by Gasteiger charge is 2.09. The van der Waals surface area contributed by atoms with Crippen molar-refractivity contribution in [1.29, 1.82) is 0 Å². The van der Waals surface area contributed by atoms with Gasteiger partial charge in [0.25, 0.3) is 0 Å². The SMILES string of the molecule is Cc1nc(NCc2ccccc2)ncc1C(=O)O. The highest BCUT2D eigenvalue weighted by molar-refractivity contribution is 5.88. The Labute approximate surface area is 105 Å². The number of aryl methyl sites for hydroxylation is 1. The Morgan fingerprint density at radius 1 is 1.33 bits per heavy atom. The maximum atomic E-state index is 10.8. The van der Waals surface area contributed by atoms with Crippen molar-refractivity contribution in [3.63, 3.8) is 0 Å². The number of aromatic nitrogens is 2. The lowest BCUT2D eigenvalue weighted by Gasteiger charge is -2.06. The molecule has 18 heavy (non-hydrogen) atoms. The van der Waals surface area contributed by atoms with E-state index in [1.165, 1.54) is 6.20 Å². The number of hydrogen-bond acceptors (Lipinski definition) is 4. The molecule has 0 radical (unpaired) electrons. The third-order valence-corrected chi connectivity index (χ3v) is 2.50. The van der Waals surface area contributed by atoms with Crippen molar-refractivity contribution in [2.24, 2.45) is 0 Å². The van der Waals surface area contributed by atoms with Crippen LogP contribution in [0.5, 0.6) is 0 Å². The molecular formula is C13H13N3O2. The summed E-state index contributed by atoms with van der Waals surface area (Å²) in [6.07, 6.45) is 1.32. The molecule has 0 amide bonds. The van der Waals surface area contributed by atoms with Gasteiger partial charge in [-0.1, -0.05) is 30.3 Å². The number of rotatable bonds is 4. The van der Waals surface area contributed by atoms with Gasteiger partial charge in [-0.15, -0.1) is 0 Å². The first-order valence-corrected chi connectivity index (χ1v) is 5.51. The Morgan fingerprint density at radius 2 is 2.06 bits per heavy atom. The number of nitrogens with zero attached hydrogens (tertiary/aromatic N) is 2. The zero-order valence-corrected chi connectivity index (χ0v) is 9.92. The second kappa shape index (κ2) is 5.27. The Balaban J connectivity index is 2.07. The van der Waals surface area contributed by atoms with E-state index in [0.717, 1.165) is 5.56 Å². The third kappa shape index (κ3) is 2.82. The molecule has 5 nitrogen and oxygen atoms in total. The lowest BCUT2D eigenvalue weighted by Crippen LogP contribution is -2.08. The van der Waals surface area contributed by atoms with Gasteiger partial charge in [0.15, 0.2) is 0 Å². The molecule has 0 fully saturated rings. The molecule has 0 aliphatic rings. The maximum Gasteiger partial charge on any atom is 0.339 e. The number of carboxylic acids is 1. The molecule has 0 saturated carbocycles. The fourth-order valence-electron chi connectivity index (χ4n) is 1.54. The molecular weight excluding hydrogens is 230 g/mol. The van der Waals surface area contributed by atoms with Crippen LogP contribution < -0.4 is 5.32 Å². The van der Waals surface area contributed by atoms with E-state index in [2.05, 4.69) is 15.3 Å². The summed E-state index contributed by atoms with van der Waals surface area (Å²) in [6.45, 7) is 2.26. The van der Waals surface area contributed by atoms with Gasteiger partial charge < -0.3 is 10.4 Å². The molecule has 2 rings (SSSR count). The summed E-state index contributed by atoms with van der Waals surface area (Å²) in [6, 6.07) is 9.84. The van der Waals surface area contributed by atoms with Crippen LogP contribution in [0.3, 0.4) is 0 Å². The van der Waals surface area contributed by atoms with Gasteiger partial charge in [0.05, 0.1) is 11.3 Å². The predicted molar refractivity (Wildman–Crippen MR) is 67.5 cm³/mol. The standard InChI is InChI=1S/C13H13N3O2/c1-9-11(12(17)18)8-15-13(16-9)14-7-10-5-3-2-4-6-10/h2-6,8H,7H2,1H3,(H,17,18)(H,14,15,16). The minimum absolute atomic E-state index is 0.125.